The molecule has 1 N–H and O–H groups in total. The van der Waals surface area contributed by atoms with Crippen molar-refractivity contribution in [2.75, 3.05) is 6.61 Å². The quantitative estimate of drug-likeness (QED) is 0.377. The highest BCUT2D eigenvalue weighted by molar-refractivity contribution is 5.92. The Morgan fingerprint density at radius 3 is 2.56 bits per heavy atom. The summed E-state index contributed by atoms with van der Waals surface area (Å²) in [6, 6.07) is 21.9. The van der Waals surface area contributed by atoms with Gasteiger partial charge in [0.05, 0.1) is 12.3 Å². The molecule has 0 saturated heterocycles. The van der Waals surface area contributed by atoms with Crippen LogP contribution in [-0.4, -0.2) is 28.3 Å². The summed E-state index contributed by atoms with van der Waals surface area (Å²) in [6.45, 7) is 3.72. The van der Waals surface area contributed by atoms with E-state index in [2.05, 4.69) is 40.3 Å². The minimum atomic E-state index is -0.410. The molecule has 2 aromatic heterocycles. The van der Waals surface area contributed by atoms with Crippen LogP contribution in [0.4, 0.5) is 0 Å². The van der Waals surface area contributed by atoms with E-state index in [4.69, 9.17) is 4.74 Å². The van der Waals surface area contributed by atoms with Crippen molar-refractivity contribution in [1.82, 2.24) is 9.97 Å². The molecule has 0 aliphatic heterocycles. The van der Waals surface area contributed by atoms with Crippen molar-refractivity contribution >= 4 is 22.7 Å². The maximum absolute atomic E-state index is 12.1. The molecule has 5 heteroatoms. The van der Waals surface area contributed by atoms with Gasteiger partial charge in [-0.3, -0.25) is 0 Å². The summed E-state index contributed by atoms with van der Waals surface area (Å²) >= 11 is 0. The van der Waals surface area contributed by atoms with Crippen LogP contribution in [0.15, 0.2) is 66.7 Å². The molecular formula is C27H26N2O3. The number of pyridine rings is 1. The minimum absolute atomic E-state index is 0.190. The molecule has 4 rings (SSSR count). The summed E-state index contributed by atoms with van der Waals surface area (Å²) in [5.41, 5.74) is 6.52. The number of carbonyl (C=O) groups is 2. The SMILES string of the molecule is CCOC(=O)c1cccc(Cc2c(-c3ccccc3)[nH]c3cc(CCC(C)=O)ccc23)n1. The molecule has 5 nitrogen and oxygen atoms in total. The lowest BCUT2D eigenvalue weighted by atomic mass is 9.99. The van der Waals surface area contributed by atoms with Crippen LogP contribution in [0.3, 0.4) is 0 Å². The number of fused-ring (bicyclic) bond motifs is 1. The first kappa shape index (κ1) is 21.5. The zero-order valence-electron chi connectivity index (χ0n) is 18.4. The Labute approximate surface area is 187 Å². The third-order valence-corrected chi connectivity index (χ3v) is 5.45. The Hall–Kier alpha value is -3.73. The smallest absolute Gasteiger partial charge is 0.356 e. The van der Waals surface area contributed by atoms with E-state index in [-0.39, 0.29) is 5.78 Å². The van der Waals surface area contributed by atoms with Crippen molar-refractivity contribution in [3.8, 4) is 11.3 Å². The lowest BCUT2D eigenvalue weighted by Crippen LogP contribution is -2.08. The lowest BCUT2D eigenvalue weighted by Gasteiger charge is -2.07. The summed E-state index contributed by atoms with van der Waals surface area (Å²) in [4.78, 5) is 31.7. The third kappa shape index (κ3) is 4.78. The molecule has 4 aromatic rings. The number of aryl methyl sites for hydroxylation is 1. The Morgan fingerprint density at radius 2 is 1.81 bits per heavy atom. The number of esters is 1. The van der Waals surface area contributed by atoms with Crippen molar-refractivity contribution < 1.29 is 14.3 Å². The van der Waals surface area contributed by atoms with E-state index in [1.165, 1.54) is 0 Å². The molecule has 0 fully saturated rings. The first-order valence-electron chi connectivity index (χ1n) is 10.9. The lowest BCUT2D eigenvalue weighted by molar-refractivity contribution is -0.116. The van der Waals surface area contributed by atoms with Crippen molar-refractivity contribution in [2.24, 2.45) is 0 Å². The monoisotopic (exact) mass is 426 g/mol. The van der Waals surface area contributed by atoms with E-state index in [0.717, 1.165) is 45.4 Å². The predicted octanol–water partition coefficient (Wildman–Crippen LogP) is 5.52. The van der Waals surface area contributed by atoms with E-state index < -0.39 is 5.97 Å². The van der Waals surface area contributed by atoms with Gasteiger partial charge in [-0.05, 0) is 55.2 Å². The average Bonchev–Trinajstić information content (AvgIpc) is 3.16. The Kier molecular flexibility index (Phi) is 6.45. The number of ketones is 1. The highest BCUT2D eigenvalue weighted by Crippen LogP contribution is 2.32. The molecule has 0 spiro atoms. The molecule has 2 heterocycles. The summed E-state index contributed by atoms with van der Waals surface area (Å²) in [5, 5.41) is 1.11. The van der Waals surface area contributed by atoms with Crippen molar-refractivity contribution in [3.63, 3.8) is 0 Å². The summed E-state index contributed by atoms with van der Waals surface area (Å²) < 4.78 is 5.10. The first-order chi connectivity index (χ1) is 15.5. The zero-order chi connectivity index (χ0) is 22.5. The summed E-state index contributed by atoms with van der Waals surface area (Å²) in [6.07, 6.45) is 1.84. The number of H-pyrrole nitrogens is 1. The molecule has 32 heavy (non-hydrogen) atoms. The number of benzene rings is 2. The van der Waals surface area contributed by atoms with Gasteiger partial charge in [-0.25, -0.2) is 9.78 Å². The molecule has 2 aromatic carbocycles. The van der Waals surface area contributed by atoms with E-state index in [9.17, 15) is 9.59 Å². The summed E-state index contributed by atoms with van der Waals surface area (Å²) in [7, 11) is 0. The fraction of sp³-hybridized carbons (Fsp3) is 0.222. The van der Waals surface area contributed by atoms with Gasteiger partial charge in [0.2, 0.25) is 0 Å². The third-order valence-electron chi connectivity index (χ3n) is 5.45. The highest BCUT2D eigenvalue weighted by Gasteiger charge is 2.16. The van der Waals surface area contributed by atoms with E-state index in [0.29, 0.717) is 25.1 Å². The average molecular weight is 427 g/mol. The fourth-order valence-electron chi connectivity index (χ4n) is 3.89. The van der Waals surface area contributed by atoms with Gasteiger partial charge in [-0.15, -0.1) is 0 Å². The Balaban J connectivity index is 1.76. The van der Waals surface area contributed by atoms with Crippen LogP contribution in [0.1, 0.15) is 47.6 Å². The number of aromatic nitrogens is 2. The number of nitrogens with zero attached hydrogens (tertiary/aromatic N) is 1. The standard InChI is InChI=1S/C27H26N2O3/c1-3-32-27(31)24-11-7-10-21(28-24)17-23-22-15-14-19(13-12-18(2)30)16-25(22)29-26(23)20-8-5-4-6-9-20/h4-11,14-16,29H,3,12-13,17H2,1-2H3. The van der Waals surface area contributed by atoms with Crippen LogP contribution in [0.25, 0.3) is 22.2 Å². The highest BCUT2D eigenvalue weighted by atomic mass is 16.5. The molecule has 0 bridgehead atoms. The first-order valence-corrected chi connectivity index (χ1v) is 10.9. The van der Waals surface area contributed by atoms with Crippen LogP contribution in [0.5, 0.6) is 0 Å². The molecule has 0 radical (unpaired) electrons. The van der Waals surface area contributed by atoms with Gasteiger partial charge in [0, 0.05) is 29.4 Å². The largest absolute Gasteiger partial charge is 0.461 e. The van der Waals surface area contributed by atoms with E-state index in [1.54, 1.807) is 19.9 Å². The number of hydrogen-bond acceptors (Lipinski definition) is 4. The molecule has 0 atom stereocenters. The van der Waals surface area contributed by atoms with Gasteiger partial charge in [-0.2, -0.15) is 0 Å². The van der Waals surface area contributed by atoms with Crippen LogP contribution in [0.2, 0.25) is 0 Å². The number of hydrogen-bond donors (Lipinski definition) is 1. The molecular weight excluding hydrogens is 400 g/mol. The normalized spacial score (nSPS) is 10.9. The Bertz CT molecular complexity index is 1260. The van der Waals surface area contributed by atoms with Crippen molar-refractivity contribution in [1.29, 1.82) is 0 Å². The number of ether oxygens (including phenoxy) is 1. The van der Waals surface area contributed by atoms with Crippen molar-refractivity contribution in [2.45, 2.75) is 33.1 Å². The number of nitrogens with one attached hydrogen (secondary N) is 1. The van der Waals surface area contributed by atoms with Crippen molar-refractivity contribution in [3.05, 3.63) is 89.2 Å². The second kappa shape index (κ2) is 9.60. The number of aromatic amines is 1. The maximum atomic E-state index is 12.1. The molecule has 0 aliphatic rings. The minimum Gasteiger partial charge on any atom is -0.461 e. The Morgan fingerprint density at radius 1 is 1.00 bits per heavy atom. The second-order valence-corrected chi connectivity index (χ2v) is 7.84. The topological polar surface area (TPSA) is 72.1 Å². The van der Waals surface area contributed by atoms with Gasteiger partial charge >= 0.3 is 5.97 Å². The summed E-state index contributed by atoms with van der Waals surface area (Å²) in [5.74, 6) is -0.221. The van der Waals surface area contributed by atoms with Crippen LogP contribution in [-0.2, 0) is 22.4 Å². The van der Waals surface area contributed by atoms with Gasteiger partial charge in [0.25, 0.3) is 0 Å². The molecule has 162 valence electrons. The number of carbonyl (C=O) groups excluding carboxylic acids is 2. The molecule has 0 aliphatic carbocycles. The van der Waals surface area contributed by atoms with Crippen LogP contribution in [0, 0.1) is 0 Å². The second-order valence-electron chi connectivity index (χ2n) is 7.84. The number of Topliss-reactive ketones (excluding diaryl/α,β-unsaturated/α-hetero) is 1. The molecule has 0 unspecified atom stereocenters. The maximum Gasteiger partial charge on any atom is 0.356 e. The van der Waals surface area contributed by atoms with E-state index >= 15 is 0 Å². The van der Waals surface area contributed by atoms with E-state index in [1.807, 2.05) is 30.3 Å². The van der Waals surface area contributed by atoms with Gasteiger partial charge in [0.15, 0.2) is 0 Å². The van der Waals surface area contributed by atoms with Crippen LogP contribution >= 0.6 is 0 Å². The van der Waals surface area contributed by atoms with Gasteiger partial charge < -0.3 is 14.5 Å². The predicted molar refractivity (Wildman–Crippen MR) is 126 cm³/mol. The fourth-order valence-corrected chi connectivity index (χ4v) is 3.89. The van der Waals surface area contributed by atoms with Gasteiger partial charge in [0.1, 0.15) is 11.5 Å². The molecule has 0 amide bonds. The van der Waals surface area contributed by atoms with Crippen LogP contribution < -0.4 is 0 Å². The molecule has 0 saturated carbocycles. The zero-order valence-corrected chi connectivity index (χ0v) is 18.4. The number of rotatable bonds is 8. The van der Waals surface area contributed by atoms with Gasteiger partial charge in [-0.1, -0.05) is 48.5 Å².